The molecule has 0 bridgehead atoms. The molecule has 0 aliphatic carbocycles. The van der Waals surface area contributed by atoms with Crippen molar-refractivity contribution >= 4 is 29.3 Å². The molecule has 3 nitrogen and oxygen atoms in total. The Morgan fingerprint density at radius 2 is 2.33 bits per heavy atom. The van der Waals surface area contributed by atoms with E-state index in [0.29, 0.717) is 5.02 Å². The van der Waals surface area contributed by atoms with Gasteiger partial charge in [0.25, 0.3) is 0 Å². The van der Waals surface area contributed by atoms with E-state index in [1.54, 1.807) is 17.8 Å². The topological polar surface area (TPSA) is 63.3 Å². The smallest absolute Gasteiger partial charge is 0.320 e. The number of carbonyl (C=O) groups is 1. The largest absolute Gasteiger partial charge is 0.480 e. The van der Waals surface area contributed by atoms with Crippen LogP contribution < -0.4 is 5.73 Å². The van der Waals surface area contributed by atoms with Crippen LogP contribution in [0.4, 0.5) is 0 Å². The van der Waals surface area contributed by atoms with Crippen LogP contribution in [0.25, 0.3) is 0 Å². The summed E-state index contributed by atoms with van der Waals surface area (Å²) < 4.78 is 0. The molecule has 0 radical (unpaired) electrons. The first kappa shape index (κ1) is 12.4. The van der Waals surface area contributed by atoms with Crippen LogP contribution in [-0.2, 0) is 11.2 Å². The molecule has 1 aromatic carbocycles. The van der Waals surface area contributed by atoms with E-state index in [2.05, 4.69) is 0 Å². The SMILES string of the molecule is CSc1ccc(Cl)c(CC(N)C(=O)O)c1. The van der Waals surface area contributed by atoms with Gasteiger partial charge in [-0.05, 0) is 36.4 Å². The zero-order valence-corrected chi connectivity index (χ0v) is 9.81. The third-order valence-corrected chi connectivity index (χ3v) is 3.10. The summed E-state index contributed by atoms with van der Waals surface area (Å²) in [7, 11) is 0. The Labute approximate surface area is 97.6 Å². The first-order valence-corrected chi connectivity index (χ1v) is 5.95. The summed E-state index contributed by atoms with van der Waals surface area (Å²) >= 11 is 7.52. The van der Waals surface area contributed by atoms with Gasteiger partial charge in [0, 0.05) is 9.92 Å². The second-order valence-electron chi connectivity index (χ2n) is 3.11. The van der Waals surface area contributed by atoms with Gasteiger partial charge in [0.05, 0.1) is 0 Å². The van der Waals surface area contributed by atoms with Crippen LogP contribution in [0.2, 0.25) is 5.02 Å². The average molecular weight is 246 g/mol. The maximum absolute atomic E-state index is 10.6. The Kier molecular flexibility index (Phi) is 4.45. The third kappa shape index (κ3) is 3.41. The second kappa shape index (κ2) is 5.39. The number of halogens is 1. The zero-order chi connectivity index (χ0) is 11.4. The Morgan fingerprint density at radius 3 is 2.87 bits per heavy atom. The molecule has 82 valence electrons. The van der Waals surface area contributed by atoms with Crippen molar-refractivity contribution in [2.75, 3.05) is 6.26 Å². The summed E-state index contributed by atoms with van der Waals surface area (Å²) in [5, 5.41) is 9.25. The van der Waals surface area contributed by atoms with Crippen LogP contribution in [0.3, 0.4) is 0 Å². The lowest BCUT2D eigenvalue weighted by atomic mass is 10.1. The van der Waals surface area contributed by atoms with Crippen molar-refractivity contribution in [2.24, 2.45) is 5.73 Å². The molecule has 0 aliphatic heterocycles. The number of nitrogens with two attached hydrogens (primary N) is 1. The molecule has 1 unspecified atom stereocenters. The normalized spacial score (nSPS) is 12.5. The minimum absolute atomic E-state index is 0.253. The van der Waals surface area contributed by atoms with E-state index in [-0.39, 0.29) is 6.42 Å². The minimum atomic E-state index is -1.01. The van der Waals surface area contributed by atoms with Crippen molar-refractivity contribution in [1.29, 1.82) is 0 Å². The van der Waals surface area contributed by atoms with Gasteiger partial charge < -0.3 is 10.8 Å². The standard InChI is InChI=1S/C10H12ClNO2S/c1-15-7-2-3-8(11)6(4-7)5-9(12)10(13)14/h2-4,9H,5,12H2,1H3,(H,13,14). The zero-order valence-electron chi connectivity index (χ0n) is 8.24. The number of carboxylic acids is 1. The predicted octanol–water partition coefficient (Wildman–Crippen LogP) is 2.02. The fraction of sp³-hybridized carbons (Fsp3) is 0.300. The highest BCUT2D eigenvalue weighted by Crippen LogP contribution is 2.23. The van der Waals surface area contributed by atoms with Crippen molar-refractivity contribution in [1.82, 2.24) is 0 Å². The van der Waals surface area contributed by atoms with Gasteiger partial charge in [0.2, 0.25) is 0 Å². The lowest BCUT2D eigenvalue weighted by molar-refractivity contribution is -0.138. The molecule has 0 aliphatic rings. The molecule has 0 spiro atoms. The molecular weight excluding hydrogens is 234 g/mol. The minimum Gasteiger partial charge on any atom is -0.480 e. The van der Waals surface area contributed by atoms with Crippen molar-refractivity contribution < 1.29 is 9.90 Å². The van der Waals surface area contributed by atoms with E-state index in [9.17, 15) is 4.79 Å². The maximum atomic E-state index is 10.6. The van der Waals surface area contributed by atoms with Gasteiger partial charge in [-0.1, -0.05) is 11.6 Å². The first-order valence-electron chi connectivity index (χ1n) is 4.35. The van der Waals surface area contributed by atoms with Crippen LogP contribution in [0.1, 0.15) is 5.56 Å². The summed E-state index contributed by atoms with van der Waals surface area (Å²) in [6, 6.07) is 4.62. The molecule has 1 aromatic rings. The van der Waals surface area contributed by atoms with E-state index in [1.807, 2.05) is 18.4 Å². The van der Waals surface area contributed by atoms with E-state index in [0.717, 1.165) is 10.5 Å². The third-order valence-electron chi connectivity index (χ3n) is 2.01. The molecule has 3 N–H and O–H groups in total. The van der Waals surface area contributed by atoms with E-state index in [4.69, 9.17) is 22.4 Å². The average Bonchev–Trinajstić information content (AvgIpc) is 2.21. The highest BCUT2D eigenvalue weighted by molar-refractivity contribution is 7.98. The fourth-order valence-electron chi connectivity index (χ4n) is 1.16. The van der Waals surface area contributed by atoms with Crippen molar-refractivity contribution in [3.8, 4) is 0 Å². The van der Waals surface area contributed by atoms with E-state index < -0.39 is 12.0 Å². The molecule has 1 rings (SSSR count). The van der Waals surface area contributed by atoms with Gasteiger partial charge in [-0.2, -0.15) is 0 Å². The molecule has 0 fully saturated rings. The molecule has 0 aromatic heterocycles. The first-order chi connectivity index (χ1) is 7.04. The van der Waals surface area contributed by atoms with Crippen molar-refractivity contribution in [3.05, 3.63) is 28.8 Å². The number of hydrogen-bond acceptors (Lipinski definition) is 3. The number of carboxylic acid groups (broad SMARTS) is 1. The highest BCUT2D eigenvalue weighted by Gasteiger charge is 2.14. The quantitative estimate of drug-likeness (QED) is 0.797. The van der Waals surface area contributed by atoms with E-state index >= 15 is 0 Å². The molecule has 15 heavy (non-hydrogen) atoms. The summed E-state index contributed by atoms with van der Waals surface area (Å²) in [4.78, 5) is 11.6. The van der Waals surface area contributed by atoms with Gasteiger partial charge in [-0.15, -0.1) is 11.8 Å². The van der Waals surface area contributed by atoms with Crippen LogP contribution in [0.15, 0.2) is 23.1 Å². The summed E-state index contributed by atoms with van der Waals surface area (Å²) in [5.41, 5.74) is 6.22. The Bertz CT molecular complexity index is 370. The molecule has 5 heteroatoms. The number of hydrogen-bond donors (Lipinski definition) is 2. The summed E-state index contributed by atoms with van der Waals surface area (Å²) in [6.45, 7) is 0. The van der Waals surface area contributed by atoms with Crippen molar-refractivity contribution in [3.63, 3.8) is 0 Å². The van der Waals surface area contributed by atoms with Gasteiger partial charge in [0.1, 0.15) is 6.04 Å². The number of aliphatic carboxylic acids is 1. The number of rotatable bonds is 4. The van der Waals surface area contributed by atoms with Crippen LogP contribution in [0, 0.1) is 0 Å². The summed E-state index contributed by atoms with van der Waals surface area (Å²) in [5.74, 6) is -1.01. The van der Waals surface area contributed by atoms with Gasteiger partial charge in [0.15, 0.2) is 0 Å². The second-order valence-corrected chi connectivity index (χ2v) is 4.39. The lowest BCUT2D eigenvalue weighted by Crippen LogP contribution is -2.32. The molecule has 1 atom stereocenters. The molecule has 0 amide bonds. The Hall–Kier alpha value is -0.710. The number of benzene rings is 1. The lowest BCUT2D eigenvalue weighted by Gasteiger charge is -2.09. The van der Waals surface area contributed by atoms with Gasteiger partial charge >= 0.3 is 5.97 Å². The number of thioether (sulfide) groups is 1. The molecule has 0 saturated heterocycles. The molecule has 0 saturated carbocycles. The predicted molar refractivity (Wildman–Crippen MR) is 62.5 cm³/mol. The van der Waals surface area contributed by atoms with Gasteiger partial charge in [-0.25, -0.2) is 0 Å². The summed E-state index contributed by atoms with van der Waals surface area (Å²) in [6.07, 6.45) is 2.20. The Balaban J connectivity index is 2.88. The van der Waals surface area contributed by atoms with Gasteiger partial charge in [-0.3, -0.25) is 4.79 Å². The molecule has 0 heterocycles. The van der Waals surface area contributed by atoms with Crippen molar-refractivity contribution in [2.45, 2.75) is 17.4 Å². The Morgan fingerprint density at radius 1 is 1.67 bits per heavy atom. The highest BCUT2D eigenvalue weighted by atomic mass is 35.5. The maximum Gasteiger partial charge on any atom is 0.320 e. The van der Waals surface area contributed by atoms with Crippen LogP contribution in [0.5, 0.6) is 0 Å². The van der Waals surface area contributed by atoms with Crippen LogP contribution >= 0.6 is 23.4 Å². The van der Waals surface area contributed by atoms with E-state index in [1.165, 1.54) is 0 Å². The van der Waals surface area contributed by atoms with Crippen LogP contribution in [-0.4, -0.2) is 23.4 Å². The monoisotopic (exact) mass is 245 g/mol. The fourth-order valence-corrected chi connectivity index (χ4v) is 1.82. The molecular formula is C10H12ClNO2S.